The summed E-state index contributed by atoms with van der Waals surface area (Å²) < 4.78 is 2.00. The van der Waals surface area contributed by atoms with E-state index >= 15 is 0 Å². The van der Waals surface area contributed by atoms with Crippen molar-refractivity contribution in [3.8, 4) is 0 Å². The van der Waals surface area contributed by atoms with Crippen LogP contribution in [0.4, 0.5) is 0 Å². The second-order valence-electron chi connectivity index (χ2n) is 4.95. The van der Waals surface area contributed by atoms with E-state index < -0.39 is 0 Å². The summed E-state index contributed by atoms with van der Waals surface area (Å²) in [5.41, 5.74) is 1.15. The SMILES string of the molecule is CC(C)NCCC=CCc1ccn(C(C)C)n1. The molecule has 0 saturated heterocycles. The fraction of sp³-hybridized carbons (Fsp3) is 0.643. The molecule has 0 unspecified atom stereocenters. The molecule has 3 nitrogen and oxygen atoms in total. The van der Waals surface area contributed by atoms with Crippen LogP contribution in [0.25, 0.3) is 0 Å². The van der Waals surface area contributed by atoms with Crippen LogP contribution in [0.3, 0.4) is 0 Å². The Hall–Kier alpha value is -1.09. The van der Waals surface area contributed by atoms with Crippen molar-refractivity contribution in [3.05, 3.63) is 30.1 Å². The lowest BCUT2D eigenvalue weighted by atomic mass is 10.2. The summed E-state index contributed by atoms with van der Waals surface area (Å²) in [5.74, 6) is 0. The largest absolute Gasteiger partial charge is 0.314 e. The van der Waals surface area contributed by atoms with Gasteiger partial charge in [-0.2, -0.15) is 5.10 Å². The number of allylic oxidation sites excluding steroid dienone is 1. The average molecular weight is 235 g/mol. The van der Waals surface area contributed by atoms with Gasteiger partial charge in [-0.3, -0.25) is 4.68 Å². The molecule has 0 aliphatic rings. The summed E-state index contributed by atoms with van der Waals surface area (Å²) in [7, 11) is 0. The summed E-state index contributed by atoms with van der Waals surface area (Å²) in [4.78, 5) is 0. The van der Waals surface area contributed by atoms with Gasteiger partial charge in [0.2, 0.25) is 0 Å². The highest BCUT2D eigenvalue weighted by Crippen LogP contribution is 2.05. The lowest BCUT2D eigenvalue weighted by Gasteiger charge is -2.04. The first-order valence-corrected chi connectivity index (χ1v) is 6.52. The van der Waals surface area contributed by atoms with Gasteiger partial charge in [-0.25, -0.2) is 0 Å². The fourth-order valence-corrected chi connectivity index (χ4v) is 1.55. The van der Waals surface area contributed by atoms with Gasteiger partial charge in [0.05, 0.1) is 5.69 Å². The maximum absolute atomic E-state index is 4.51. The average Bonchev–Trinajstić information content (AvgIpc) is 2.71. The number of hydrogen-bond donors (Lipinski definition) is 1. The molecule has 1 rings (SSSR count). The Bertz CT molecular complexity index is 337. The van der Waals surface area contributed by atoms with E-state index in [0.29, 0.717) is 12.1 Å². The first-order valence-electron chi connectivity index (χ1n) is 6.52. The number of aromatic nitrogens is 2. The lowest BCUT2D eigenvalue weighted by molar-refractivity contribution is 0.528. The molecule has 0 fully saturated rings. The zero-order valence-corrected chi connectivity index (χ0v) is 11.5. The Morgan fingerprint density at radius 1 is 1.29 bits per heavy atom. The van der Waals surface area contributed by atoms with E-state index in [2.05, 4.69) is 56.3 Å². The van der Waals surface area contributed by atoms with Crippen molar-refractivity contribution < 1.29 is 0 Å². The molecule has 0 aromatic carbocycles. The minimum atomic E-state index is 0.447. The van der Waals surface area contributed by atoms with Crippen LogP contribution >= 0.6 is 0 Å². The predicted molar refractivity (Wildman–Crippen MR) is 73.2 cm³/mol. The minimum Gasteiger partial charge on any atom is -0.314 e. The second kappa shape index (κ2) is 7.28. The van der Waals surface area contributed by atoms with Crippen LogP contribution in [-0.4, -0.2) is 22.4 Å². The highest BCUT2D eigenvalue weighted by molar-refractivity contribution is 5.05. The molecule has 0 radical (unpaired) electrons. The van der Waals surface area contributed by atoms with Crippen molar-refractivity contribution in [1.82, 2.24) is 15.1 Å². The standard InChI is InChI=1S/C14H25N3/c1-12(2)15-10-7-5-6-8-14-9-11-17(16-14)13(3)4/h5-6,9,11-13,15H,7-8,10H2,1-4H3. The topological polar surface area (TPSA) is 29.9 Å². The number of nitrogens with one attached hydrogen (secondary N) is 1. The molecule has 0 bridgehead atoms. The van der Waals surface area contributed by atoms with Crippen molar-refractivity contribution >= 4 is 0 Å². The summed E-state index contributed by atoms with van der Waals surface area (Å²) in [6, 6.07) is 3.12. The maximum Gasteiger partial charge on any atom is 0.0662 e. The smallest absolute Gasteiger partial charge is 0.0662 e. The molecule has 17 heavy (non-hydrogen) atoms. The fourth-order valence-electron chi connectivity index (χ4n) is 1.55. The van der Waals surface area contributed by atoms with Gasteiger partial charge in [-0.1, -0.05) is 26.0 Å². The first kappa shape index (κ1) is 14.0. The molecular weight excluding hydrogens is 210 g/mol. The molecule has 0 atom stereocenters. The van der Waals surface area contributed by atoms with Crippen LogP contribution in [-0.2, 0) is 6.42 Å². The molecule has 3 heteroatoms. The molecule has 0 saturated carbocycles. The molecule has 0 amide bonds. The van der Waals surface area contributed by atoms with Crippen molar-refractivity contribution in [2.45, 2.75) is 52.6 Å². The van der Waals surface area contributed by atoms with Gasteiger partial charge in [0, 0.05) is 24.7 Å². The van der Waals surface area contributed by atoms with E-state index in [1.54, 1.807) is 0 Å². The molecule has 1 aromatic rings. The Balaban J connectivity index is 2.23. The van der Waals surface area contributed by atoms with Crippen LogP contribution < -0.4 is 5.32 Å². The Kier molecular flexibility index (Phi) is 5.98. The van der Waals surface area contributed by atoms with E-state index in [1.807, 2.05) is 10.9 Å². The molecule has 1 heterocycles. The molecule has 1 N–H and O–H groups in total. The molecule has 0 aliphatic carbocycles. The van der Waals surface area contributed by atoms with Gasteiger partial charge < -0.3 is 5.32 Å². The quantitative estimate of drug-likeness (QED) is 0.581. The van der Waals surface area contributed by atoms with Crippen molar-refractivity contribution in [2.75, 3.05) is 6.54 Å². The van der Waals surface area contributed by atoms with Crippen molar-refractivity contribution in [3.63, 3.8) is 0 Å². The van der Waals surface area contributed by atoms with Crippen LogP contribution in [0.15, 0.2) is 24.4 Å². The van der Waals surface area contributed by atoms with Crippen LogP contribution in [0.2, 0.25) is 0 Å². The third-order valence-electron chi connectivity index (χ3n) is 2.55. The molecular formula is C14H25N3. The predicted octanol–water partition coefficient (Wildman–Crippen LogP) is 2.95. The van der Waals surface area contributed by atoms with Crippen LogP contribution in [0, 0.1) is 0 Å². The number of hydrogen-bond acceptors (Lipinski definition) is 2. The number of rotatable bonds is 7. The summed E-state index contributed by atoms with van der Waals surface area (Å²) in [6.07, 6.45) is 8.50. The third kappa shape index (κ3) is 5.68. The first-order chi connectivity index (χ1) is 8.09. The van der Waals surface area contributed by atoms with E-state index in [4.69, 9.17) is 0 Å². The molecule has 0 aliphatic heterocycles. The Labute approximate surface area is 105 Å². The summed E-state index contributed by atoms with van der Waals surface area (Å²) in [6.45, 7) is 9.67. The Morgan fingerprint density at radius 2 is 2.06 bits per heavy atom. The van der Waals surface area contributed by atoms with E-state index in [0.717, 1.165) is 25.1 Å². The zero-order chi connectivity index (χ0) is 12.7. The van der Waals surface area contributed by atoms with Gasteiger partial charge >= 0.3 is 0 Å². The van der Waals surface area contributed by atoms with E-state index in [1.165, 1.54) is 0 Å². The second-order valence-corrected chi connectivity index (χ2v) is 4.95. The van der Waals surface area contributed by atoms with Crippen LogP contribution in [0.5, 0.6) is 0 Å². The van der Waals surface area contributed by atoms with Gasteiger partial charge in [0.1, 0.15) is 0 Å². The molecule has 96 valence electrons. The lowest BCUT2D eigenvalue weighted by Crippen LogP contribution is -2.23. The number of nitrogens with zero attached hydrogens (tertiary/aromatic N) is 2. The van der Waals surface area contributed by atoms with E-state index in [-0.39, 0.29) is 0 Å². The molecule has 1 aromatic heterocycles. The normalized spacial score (nSPS) is 12.1. The summed E-state index contributed by atoms with van der Waals surface area (Å²) >= 11 is 0. The Morgan fingerprint density at radius 3 is 2.65 bits per heavy atom. The minimum absolute atomic E-state index is 0.447. The van der Waals surface area contributed by atoms with Crippen LogP contribution in [0.1, 0.15) is 45.9 Å². The van der Waals surface area contributed by atoms with Gasteiger partial charge in [0.25, 0.3) is 0 Å². The summed E-state index contributed by atoms with van der Waals surface area (Å²) in [5, 5.41) is 7.90. The highest BCUT2D eigenvalue weighted by Gasteiger charge is 1.99. The van der Waals surface area contributed by atoms with Gasteiger partial charge in [-0.05, 0) is 32.9 Å². The molecule has 0 spiro atoms. The third-order valence-corrected chi connectivity index (χ3v) is 2.55. The van der Waals surface area contributed by atoms with E-state index in [9.17, 15) is 0 Å². The highest BCUT2D eigenvalue weighted by atomic mass is 15.3. The van der Waals surface area contributed by atoms with Crippen molar-refractivity contribution in [2.24, 2.45) is 0 Å². The van der Waals surface area contributed by atoms with Gasteiger partial charge in [-0.15, -0.1) is 0 Å². The van der Waals surface area contributed by atoms with Crippen molar-refractivity contribution in [1.29, 1.82) is 0 Å². The van der Waals surface area contributed by atoms with Gasteiger partial charge in [0.15, 0.2) is 0 Å². The monoisotopic (exact) mass is 235 g/mol. The maximum atomic E-state index is 4.51. The zero-order valence-electron chi connectivity index (χ0n) is 11.5.